The van der Waals surface area contributed by atoms with Crippen LogP contribution in [0.5, 0.6) is 11.5 Å². The topological polar surface area (TPSA) is 96.8 Å². The van der Waals surface area contributed by atoms with E-state index in [1.54, 1.807) is 30.5 Å². The third kappa shape index (κ3) is 5.74. The van der Waals surface area contributed by atoms with Crippen LogP contribution in [-0.2, 0) is 6.54 Å². The molecule has 0 bridgehead atoms. The van der Waals surface area contributed by atoms with Crippen LogP contribution in [0, 0.1) is 0 Å². The minimum absolute atomic E-state index is 0.125. The van der Waals surface area contributed by atoms with E-state index in [-0.39, 0.29) is 17.9 Å². The molecule has 1 saturated heterocycles. The average molecular weight is 532 g/mol. The van der Waals surface area contributed by atoms with Crippen molar-refractivity contribution in [2.45, 2.75) is 6.54 Å². The highest BCUT2D eigenvalue weighted by atomic mass is 35.5. The number of piperazine rings is 1. The van der Waals surface area contributed by atoms with Crippen LogP contribution in [0.15, 0.2) is 83.8 Å². The summed E-state index contributed by atoms with van der Waals surface area (Å²) in [5.74, 6) is 0.762. The maximum absolute atomic E-state index is 13.7. The highest BCUT2D eigenvalue weighted by Gasteiger charge is 2.24. The number of aromatic nitrogens is 2. The van der Waals surface area contributed by atoms with Crippen LogP contribution in [0.25, 0.3) is 16.8 Å². The highest BCUT2D eigenvalue weighted by molar-refractivity contribution is 6.30. The van der Waals surface area contributed by atoms with Gasteiger partial charge in [0.2, 0.25) is 5.75 Å². The molecular weight excluding hydrogens is 502 g/mol. The number of aliphatic hydroxyl groups excluding tert-OH is 1. The average Bonchev–Trinajstić information content (AvgIpc) is 2.96. The molecule has 0 radical (unpaired) electrons. The van der Waals surface area contributed by atoms with Crippen LogP contribution >= 0.6 is 11.6 Å². The van der Waals surface area contributed by atoms with Gasteiger partial charge in [-0.2, -0.15) is 9.78 Å². The number of anilines is 1. The van der Waals surface area contributed by atoms with Gasteiger partial charge in [0.05, 0.1) is 18.5 Å². The van der Waals surface area contributed by atoms with E-state index < -0.39 is 0 Å². The molecule has 1 aliphatic heterocycles. The summed E-state index contributed by atoms with van der Waals surface area (Å²) >= 11 is 6.05. The van der Waals surface area contributed by atoms with Gasteiger partial charge in [0.1, 0.15) is 11.4 Å². The van der Waals surface area contributed by atoms with Gasteiger partial charge in [-0.3, -0.25) is 9.69 Å². The van der Waals surface area contributed by atoms with E-state index in [4.69, 9.17) is 22.1 Å². The summed E-state index contributed by atoms with van der Waals surface area (Å²) in [4.78, 5) is 18.0. The summed E-state index contributed by atoms with van der Waals surface area (Å²) < 4.78 is 7.60. The smallest absolute Gasteiger partial charge is 0.316 e. The third-order valence-electron chi connectivity index (χ3n) is 6.69. The Bertz CT molecular complexity index is 1430. The molecule has 5 rings (SSSR count). The van der Waals surface area contributed by atoms with E-state index in [1.807, 2.05) is 42.5 Å². The van der Waals surface area contributed by atoms with E-state index in [9.17, 15) is 9.90 Å². The van der Waals surface area contributed by atoms with Crippen LogP contribution in [-0.4, -0.2) is 59.1 Å². The summed E-state index contributed by atoms with van der Waals surface area (Å²) in [5, 5.41) is 14.3. The number of nitrogens with zero attached hydrogens (tertiary/aromatic N) is 4. The van der Waals surface area contributed by atoms with Crippen LogP contribution in [0.1, 0.15) is 5.56 Å². The van der Waals surface area contributed by atoms with Crippen LogP contribution in [0.2, 0.25) is 5.02 Å². The number of benzene rings is 3. The predicted molar refractivity (Wildman–Crippen MR) is 150 cm³/mol. The van der Waals surface area contributed by atoms with E-state index in [0.717, 1.165) is 29.8 Å². The fourth-order valence-electron chi connectivity index (χ4n) is 4.58. The monoisotopic (exact) mass is 531 g/mol. The molecule has 2 heterocycles. The Morgan fingerprint density at radius 1 is 0.947 bits per heavy atom. The first-order valence-electron chi connectivity index (χ1n) is 12.6. The van der Waals surface area contributed by atoms with Crippen molar-refractivity contribution < 1.29 is 9.84 Å². The van der Waals surface area contributed by atoms with Crippen LogP contribution < -0.4 is 20.9 Å². The molecule has 0 atom stereocenters. The van der Waals surface area contributed by atoms with Crippen LogP contribution in [0.3, 0.4) is 0 Å². The molecule has 1 aliphatic rings. The first kappa shape index (κ1) is 25.9. The van der Waals surface area contributed by atoms with Gasteiger partial charge < -0.3 is 20.5 Å². The maximum atomic E-state index is 13.7. The van der Waals surface area contributed by atoms with Gasteiger partial charge >= 0.3 is 5.56 Å². The van der Waals surface area contributed by atoms with Crippen molar-refractivity contribution in [2.24, 2.45) is 5.73 Å². The molecular formula is C29H30ClN5O3. The Balaban J connectivity index is 1.47. The summed E-state index contributed by atoms with van der Waals surface area (Å²) in [6.45, 7) is 4.17. The zero-order valence-electron chi connectivity index (χ0n) is 21.0. The molecule has 4 aromatic rings. The minimum Gasteiger partial charge on any atom is -0.449 e. The van der Waals surface area contributed by atoms with Gasteiger partial charge in [0.15, 0.2) is 0 Å². The van der Waals surface area contributed by atoms with Crippen molar-refractivity contribution in [2.75, 3.05) is 44.2 Å². The number of β-amino-alcohol motifs (C(OH)–C–C–N with tert-alkyl or cyclic N) is 1. The second-order valence-electron chi connectivity index (χ2n) is 9.14. The zero-order valence-corrected chi connectivity index (χ0v) is 21.7. The van der Waals surface area contributed by atoms with Crippen molar-refractivity contribution in [1.29, 1.82) is 0 Å². The summed E-state index contributed by atoms with van der Waals surface area (Å²) in [7, 11) is 0. The Hall–Kier alpha value is -3.69. The minimum atomic E-state index is -0.359. The number of nitrogens with two attached hydrogens (primary N) is 1. The number of hydrogen-bond donors (Lipinski definition) is 2. The molecule has 0 unspecified atom stereocenters. The molecule has 1 fully saturated rings. The van der Waals surface area contributed by atoms with E-state index in [1.165, 1.54) is 4.68 Å². The number of hydrogen-bond acceptors (Lipinski definition) is 7. The molecule has 9 heteroatoms. The normalized spacial score (nSPS) is 14.0. The predicted octanol–water partition coefficient (Wildman–Crippen LogP) is 3.92. The summed E-state index contributed by atoms with van der Waals surface area (Å²) in [6, 6.07) is 22.7. The van der Waals surface area contributed by atoms with Crippen molar-refractivity contribution in [3.63, 3.8) is 0 Å². The SMILES string of the molecule is NCc1cccc(-c2ccc(Oc3c(N4CCN(CCO)CC4)cnn(-c4ccc(Cl)cc4)c3=O)cc2)c1. The van der Waals surface area contributed by atoms with E-state index in [2.05, 4.69) is 21.0 Å². The highest BCUT2D eigenvalue weighted by Crippen LogP contribution is 2.31. The fraction of sp³-hybridized carbons (Fsp3) is 0.241. The lowest BCUT2D eigenvalue weighted by atomic mass is 10.0. The van der Waals surface area contributed by atoms with Gasteiger partial charge in [-0.25, -0.2) is 0 Å². The van der Waals surface area contributed by atoms with Crippen molar-refractivity contribution in [3.05, 3.63) is 99.9 Å². The number of ether oxygens (including phenoxy) is 1. The standard InChI is InChI=1S/C29H30ClN5O3/c30-24-6-8-25(9-7-24)35-29(37)28(27(20-32-35)34-14-12-33(13-15-34)16-17-36)38-26-10-4-22(5-11-26)23-3-1-2-21(18-23)19-31/h1-11,18,20,36H,12-17,19,31H2. The third-order valence-corrected chi connectivity index (χ3v) is 6.94. The Labute approximate surface area is 226 Å². The number of halogens is 1. The van der Waals surface area contributed by atoms with E-state index >= 15 is 0 Å². The van der Waals surface area contributed by atoms with Crippen LogP contribution in [0.4, 0.5) is 5.69 Å². The molecule has 3 aromatic carbocycles. The summed E-state index contributed by atoms with van der Waals surface area (Å²) in [5.41, 5.74) is 9.83. The number of rotatable bonds is 8. The van der Waals surface area contributed by atoms with Gasteiger partial charge in [-0.05, 0) is 59.2 Å². The lowest BCUT2D eigenvalue weighted by Crippen LogP contribution is -2.47. The first-order chi connectivity index (χ1) is 18.6. The number of aliphatic hydroxyl groups is 1. The second-order valence-corrected chi connectivity index (χ2v) is 9.57. The quantitative estimate of drug-likeness (QED) is 0.356. The first-order valence-corrected chi connectivity index (χ1v) is 13.0. The van der Waals surface area contributed by atoms with Crippen molar-refractivity contribution in [1.82, 2.24) is 14.7 Å². The molecule has 3 N–H and O–H groups in total. The molecule has 196 valence electrons. The molecule has 1 aromatic heterocycles. The Morgan fingerprint density at radius 3 is 2.37 bits per heavy atom. The lowest BCUT2D eigenvalue weighted by molar-refractivity contribution is 0.188. The molecule has 0 saturated carbocycles. The molecule has 8 nitrogen and oxygen atoms in total. The Kier molecular flexibility index (Phi) is 8.05. The van der Waals surface area contributed by atoms with Gasteiger partial charge in [0.25, 0.3) is 0 Å². The van der Waals surface area contributed by atoms with Crippen molar-refractivity contribution >= 4 is 17.3 Å². The van der Waals surface area contributed by atoms with Gasteiger partial charge in [0, 0.05) is 44.3 Å². The maximum Gasteiger partial charge on any atom is 0.316 e. The van der Waals surface area contributed by atoms with E-state index in [0.29, 0.717) is 48.3 Å². The zero-order chi connectivity index (χ0) is 26.5. The lowest BCUT2D eigenvalue weighted by Gasteiger charge is -2.36. The van der Waals surface area contributed by atoms with Gasteiger partial charge in [-0.15, -0.1) is 0 Å². The molecule has 0 amide bonds. The Morgan fingerprint density at radius 2 is 1.68 bits per heavy atom. The second kappa shape index (κ2) is 11.8. The fourth-order valence-corrected chi connectivity index (χ4v) is 4.71. The van der Waals surface area contributed by atoms with Crippen molar-refractivity contribution in [3.8, 4) is 28.3 Å². The molecule has 0 aliphatic carbocycles. The molecule has 38 heavy (non-hydrogen) atoms. The summed E-state index contributed by atoms with van der Waals surface area (Å²) in [6.07, 6.45) is 1.68. The van der Waals surface area contributed by atoms with Gasteiger partial charge in [-0.1, -0.05) is 41.9 Å². The molecule has 0 spiro atoms. The largest absolute Gasteiger partial charge is 0.449 e.